The van der Waals surface area contributed by atoms with E-state index >= 15 is 0 Å². The second-order valence-corrected chi connectivity index (χ2v) is 6.05. The van der Waals surface area contributed by atoms with Crippen LogP contribution in [0.5, 0.6) is 0 Å². The van der Waals surface area contributed by atoms with Crippen LogP contribution in [0.1, 0.15) is 42.5 Å². The lowest BCUT2D eigenvalue weighted by molar-refractivity contribution is 0.0690. The Morgan fingerprint density at radius 1 is 1.26 bits per heavy atom. The van der Waals surface area contributed by atoms with Crippen LogP contribution >= 0.6 is 11.6 Å². The molecule has 4 heteroatoms. The van der Waals surface area contributed by atoms with E-state index in [4.69, 9.17) is 17.3 Å². The summed E-state index contributed by atoms with van der Waals surface area (Å²) in [6.45, 7) is 0.870. The number of carbonyl (C=O) groups excluding carboxylic acids is 1. The van der Waals surface area contributed by atoms with Crippen LogP contribution in [-0.2, 0) is 0 Å². The molecular formula is C15H19ClN2O. The Morgan fingerprint density at radius 2 is 2.05 bits per heavy atom. The van der Waals surface area contributed by atoms with E-state index < -0.39 is 0 Å². The molecule has 1 saturated carbocycles. The van der Waals surface area contributed by atoms with Crippen LogP contribution < -0.4 is 5.73 Å². The summed E-state index contributed by atoms with van der Waals surface area (Å²) < 4.78 is 0. The Bertz CT molecular complexity index is 503. The van der Waals surface area contributed by atoms with Gasteiger partial charge in [-0.2, -0.15) is 0 Å². The number of amides is 1. The molecule has 1 aliphatic heterocycles. The lowest BCUT2D eigenvalue weighted by Crippen LogP contribution is -2.39. The highest BCUT2D eigenvalue weighted by Gasteiger charge is 2.38. The summed E-state index contributed by atoms with van der Waals surface area (Å²) >= 11 is 6.15. The highest BCUT2D eigenvalue weighted by molar-refractivity contribution is 6.34. The number of nitrogen functional groups attached to an aromatic ring is 1. The van der Waals surface area contributed by atoms with Crippen molar-refractivity contribution < 1.29 is 4.79 Å². The maximum Gasteiger partial charge on any atom is 0.255 e. The van der Waals surface area contributed by atoms with Crippen LogP contribution in [0.3, 0.4) is 0 Å². The average Bonchev–Trinajstić information content (AvgIpc) is 2.82. The van der Waals surface area contributed by atoms with E-state index in [0.29, 0.717) is 28.2 Å². The van der Waals surface area contributed by atoms with Crippen LogP contribution in [0, 0.1) is 5.92 Å². The van der Waals surface area contributed by atoms with Gasteiger partial charge in [0.1, 0.15) is 0 Å². The van der Waals surface area contributed by atoms with Crippen molar-refractivity contribution in [3.05, 3.63) is 28.8 Å². The zero-order valence-electron chi connectivity index (χ0n) is 10.9. The predicted molar refractivity (Wildman–Crippen MR) is 77.3 cm³/mol. The van der Waals surface area contributed by atoms with Crippen molar-refractivity contribution in [2.75, 3.05) is 12.3 Å². The number of hydrogen-bond donors (Lipinski definition) is 1. The van der Waals surface area contributed by atoms with E-state index in [2.05, 4.69) is 0 Å². The van der Waals surface area contributed by atoms with E-state index in [1.807, 2.05) is 4.90 Å². The second kappa shape index (κ2) is 5.04. The van der Waals surface area contributed by atoms with Crippen molar-refractivity contribution in [3.8, 4) is 0 Å². The minimum absolute atomic E-state index is 0.0689. The molecule has 2 N–H and O–H groups in total. The third-order valence-electron chi connectivity index (χ3n) is 4.49. The first-order chi connectivity index (χ1) is 9.16. The summed E-state index contributed by atoms with van der Waals surface area (Å²) in [4.78, 5) is 14.7. The molecule has 0 aromatic heterocycles. The Labute approximate surface area is 118 Å². The van der Waals surface area contributed by atoms with Crippen molar-refractivity contribution in [1.29, 1.82) is 0 Å². The van der Waals surface area contributed by atoms with E-state index in [0.717, 1.165) is 19.4 Å². The molecule has 1 aromatic carbocycles. The lowest BCUT2D eigenvalue weighted by Gasteiger charge is -2.31. The molecule has 102 valence electrons. The van der Waals surface area contributed by atoms with Crippen molar-refractivity contribution in [3.63, 3.8) is 0 Å². The first-order valence-electron chi connectivity index (χ1n) is 7.03. The first kappa shape index (κ1) is 12.8. The molecule has 2 unspecified atom stereocenters. The number of fused-ring (bicyclic) bond motifs is 1. The maximum atomic E-state index is 12.6. The van der Waals surface area contributed by atoms with Crippen LogP contribution in [0.2, 0.25) is 5.02 Å². The minimum Gasteiger partial charge on any atom is -0.399 e. The predicted octanol–water partition coefficient (Wildman–Crippen LogP) is 3.33. The maximum absolute atomic E-state index is 12.6. The molecular weight excluding hydrogens is 260 g/mol. The molecule has 2 atom stereocenters. The van der Waals surface area contributed by atoms with Gasteiger partial charge in [-0.1, -0.05) is 24.4 Å². The minimum atomic E-state index is 0.0689. The quantitative estimate of drug-likeness (QED) is 0.801. The first-order valence-corrected chi connectivity index (χ1v) is 7.40. The van der Waals surface area contributed by atoms with Gasteiger partial charge < -0.3 is 10.6 Å². The van der Waals surface area contributed by atoms with Gasteiger partial charge in [0.2, 0.25) is 0 Å². The van der Waals surface area contributed by atoms with E-state index in [1.165, 1.54) is 19.3 Å². The summed E-state index contributed by atoms with van der Waals surface area (Å²) in [6, 6.07) is 5.57. The number of anilines is 1. The number of halogens is 1. The largest absolute Gasteiger partial charge is 0.399 e. The van der Waals surface area contributed by atoms with Crippen molar-refractivity contribution in [1.82, 2.24) is 4.90 Å². The molecule has 1 heterocycles. The zero-order chi connectivity index (χ0) is 13.4. The fourth-order valence-electron chi connectivity index (χ4n) is 3.52. The van der Waals surface area contributed by atoms with E-state index in [9.17, 15) is 4.79 Å². The molecule has 3 nitrogen and oxygen atoms in total. The van der Waals surface area contributed by atoms with Crippen LogP contribution in [0.15, 0.2) is 18.2 Å². The summed E-state index contributed by atoms with van der Waals surface area (Å²) in [5, 5.41) is 0.462. The standard InChI is InChI=1S/C15H19ClN2O/c16-13-9-11(17)5-6-12(13)15(19)18-8-7-10-3-1-2-4-14(10)18/h5-6,9-10,14H,1-4,7-8,17H2. The molecule has 19 heavy (non-hydrogen) atoms. The number of nitrogens with two attached hydrogens (primary N) is 1. The fraction of sp³-hybridized carbons (Fsp3) is 0.533. The second-order valence-electron chi connectivity index (χ2n) is 5.64. The molecule has 3 rings (SSSR count). The van der Waals surface area contributed by atoms with Gasteiger partial charge in [0, 0.05) is 18.3 Å². The highest BCUT2D eigenvalue weighted by atomic mass is 35.5. The topological polar surface area (TPSA) is 46.3 Å². The van der Waals surface area contributed by atoms with Crippen molar-refractivity contribution in [2.45, 2.75) is 38.1 Å². The normalized spacial score (nSPS) is 26.3. The van der Waals surface area contributed by atoms with Gasteiger partial charge in [-0.25, -0.2) is 0 Å². The van der Waals surface area contributed by atoms with E-state index in [-0.39, 0.29) is 5.91 Å². The molecule has 1 saturated heterocycles. The molecule has 0 bridgehead atoms. The summed E-state index contributed by atoms with van der Waals surface area (Å²) in [6.07, 6.45) is 6.10. The number of likely N-dealkylation sites (tertiary alicyclic amines) is 1. The smallest absolute Gasteiger partial charge is 0.255 e. The molecule has 1 aromatic rings. The molecule has 1 aliphatic carbocycles. The summed E-state index contributed by atoms with van der Waals surface area (Å²) in [5.41, 5.74) is 6.86. The Morgan fingerprint density at radius 3 is 2.84 bits per heavy atom. The van der Waals surface area contributed by atoms with Gasteiger partial charge in [-0.3, -0.25) is 4.79 Å². The van der Waals surface area contributed by atoms with Crippen LogP contribution in [0.4, 0.5) is 5.69 Å². The Kier molecular flexibility index (Phi) is 3.40. The number of benzene rings is 1. The van der Waals surface area contributed by atoms with Gasteiger partial charge in [-0.05, 0) is 43.4 Å². The molecule has 1 amide bonds. The molecule has 0 radical (unpaired) electrons. The van der Waals surface area contributed by atoms with Crippen LogP contribution in [-0.4, -0.2) is 23.4 Å². The summed E-state index contributed by atoms with van der Waals surface area (Å²) in [7, 11) is 0. The summed E-state index contributed by atoms with van der Waals surface area (Å²) in [5.74, 6) is 0.768. The number of hydrogen-bond acceptors (Lipinski definition) is 2. The number of nitrogens with zero attached hydrogens (tertiary/aromatic N) is 1. The third kappa shape index (κ3) is 2.32. The Balaban J connectivity index is 1.83. The van der Waals surface area contributed by atoms with E-state index in [1.54, 1.807) is 18.2 Å². The Hall–Kier alpha value is -1.22. The van der Waals surface area contributed by atoms with Crippen molar-refractivity contribution in [2.24, 2.45) is 5.92 Å². The van der Waals surface area contributed by atoms with Gasteiger partial charge >= 0.3 is 0 Å². The van der Waals surface area contributed by atoms with Crippen molar-refractivity contribution >= 4 is 23.2 Å². The highest BCUT2D eigenvalue weighted by Crippen LogP contribution is 2.37. The molecule has 2 aliphatic rings. The SMILES string of the molecule is Nc1ccc(C(=O)N2CCC3CCCCC32)c(Cl)c1. The number of rotatable bonds is 1. The molecule has 2 fully saturated rings. The zero-order valence-corrected chi connectivity index (χ0v) is 11.7. The molecule has 0 spiro atoms. The fourth-order valence-corrected chi connectivity index (χ4v) is 3.79. The average molecular weight is 279 g/mol. The van der Waals surface area contributed by atoms with Gasteiger partial charge in [0.05, 0.1) is 10.6 Å². The number of carbonyl (C=O) groups is 1. The van der Waals surface area contributed by atoms with Gasteiger partial charge in [0.25, 0.3) is 5.91 Å². The monoisotopic (exact) mass is 278 g/mol. The van der Waals surface area contributed by atoms with Gasteiger partial charge in [-0.15, -0.1) is 0 Å². The third-order valence-corrected chi connectivity index (χ3v) is 4.81. The van der Waals surface area contributed by atoms with Gasteiger partial charge in [0.15, 0.2) is 0 Å². The lowest BCUT2D eigenvalue weighted by atomic mass is 9.85. The van der Waals surface area contributed by atoms with Crippen LogP contribution in [0.25, 0.3) is 0 Å².